The number of benzene rings is 1. The van der Waals surface area contributed by atoms with Crippen molar-refractivity contribution in [2.24, 2.45) is 5.92 Å². The largest absolute Gasteiger partial charge is 0.361 e. The molecule has 1 atom stereocenters. The average Bonchev–Trinajstić information content (AvgIpc) is 2.90. The van der Waals surface area contributed by atoms with Crippen LogP contribution in [0.4, 0.5) is 4.39 Å². The highest BCUT2D eigenvalue weighted by molar-refractivity contribution is 5.78. The Morgan fingerprint density at radius 1 is 1.30 bits per heavy atom. The molecule has 2 heterocycles. The van der Waals surface area contributed by atoms with Crippen molar-refractivity contribution in [3.8, 4) is 0 Å². The summed E-state index contributed by atoms with van der Waals surface area (Å²) in [4.78, 5) is 17.2. The predicted molar refractivity (Wildman–Crippen MR) is 102 cm³/mol. The zero-order valence-electron chi connectivity index (χ0n) is 16.3. The molecule has 1 aliphatic rings. The van der Waals surface area contributed by atoms with Gasteiger partial charge in [-0.05, 0) is 37.0 Å². The molecule has 1 aromatic heterocycles. The van der Waals surface area contributed by atoms with Gasteiger partial charge in [-0.3, -0.25) is 9.69 Å². The van der Waals surface area contributed by atoms with Crippen LogP contribution < -0.4 is 0 Å². The van der Waals surface area contributed by atoms with Crippen molar-refractivity contribution >= 4 is 5.91 Å². The Bertz CT molecular complexity index is 757. The molecule has 1 fully saturated rings. The monoisotopic (exact) mass is 373 g/mol. The highest BCUT2D eigenvalue weighted by Crippen LogP contribution is 2.21. The number of rotatable bonds is 5. The Morgan fingerprint density at radius 2 is 2.04 bits per heavy atom. The van der Waals surface area contributed by atoms with Gasteiger partial charge in [0, 0.05) is 38.3 Å². The lowest BCUT2D eigenvalue weighted by Gasteiger charge is -2.34. The van der Waals surface area contributed by atoms with Crippen LogP contribution in [0.2, 0.25) is 0 Å². The molecule has 6 heteroatoms. The normalized spacial score (nSPS) is 18.7. The van der Waals surface area contributed by atoms with Gasteiger partial charge in [-0.25, -0.2) is 4.39 Å². The molecule has 1 aliphatic heterocycles. The summed E-state index contributed by atoms with van der Waals surface area (Å²) in [6.07, 6.45) is 1.18. The lowest BCUT2D eigenvalue weighted by Crippen LogP contribution is -2.45. The van der Waals surface area contributed by atoms with Crippen LogP contribution in [0.15, 0.2) is 34.9 Å². The maximum atomic E-state index is 13.2. The molecule has 146 valence electrons. The van der Waals surface area contributed by atoms with Gasteiger partial charge in [0.25, 0.3) is 0 Å². The van der Waals surface area contributed by atoms with E-state index in [0.717, 1.165) is 37.3 Å². The van der Waals surface area contributed by atoms with Crippen LogP contribution in [0.25, 0.3) is 0 Å². The molecule has 0 N–H and O–H groups in total. The topological polar surface area (TPSA) is 49.6 Å². The molecule has 0 saturated carbocycles. The van der Waals surface area contributed by atoms with E-state index in [-0.39, 0.29) is 24.2 Å². The lowest BCUT2D eigenvalue weighted by atomic mass is 10.0. The quantitative estimate of drug-likeness (QED) is 0.806. The predicted octanol–water partition coefficient (Wildman–Crippen LogP) is 3.42. The van der Waals surface area contributed by atoms with Crippen LogP contribution in [0.3, 0.4) is 0 Å². The third kappa shape index (κ3) is 5.16. The maximum absolute atomic E-state index is 13.2. The number of carbonyl (C=O) groups excluding carboxylic acids is 1. The number of amides is 1. The van der Waals surface area contributed by atoms with Gasteiger partial charge in [-0.15, -0.1) is 0 Å². The molecule has 0 aliphatic carbocycles. The molecule has 2 aromatic rings. The van der Waals surface area contributed by atoms with Crippen LogP contribution in [0, 0.1) is 18.7 Å². The van der Waals surface area contributed by atoms with Crippen molar-refractivity contribution in [1.29, 1.82) is 0 Å². The summed E-state index contributed by atoms with van der Waals surface area (Å²) in [6.45, 7) is 9.37. The van der Waals surface area contributed by atoms with E-state index in [9.17, 15) is 9.18 Å². The van der Waals surface area contributed by atoms with Crippen molar-refractivity contribution < 1.29 is 13.7 Å². The highest BCUT2D eigenvalue weighted by atomic mass is 19.1. The Morgan fingerprint density at radius 3 is 2.67 bits per heavy atom. The summed E-state index contributed by atoms with van der Waals surface area (Å²) in [7, 11) is 0. The number of nitrogens with zero attached hydrogens (tertiary/aromatic N) is 3. The second-order valence-electron chi connectivity index (χ2n) is 7.71. The van der Waals surface area contributed by atoms with E-state index in [2.05, 4.69) is 23.9 Å². The molecule has 0 spiro atoms. The fraction of sp³-hybridized carbons (Fsp3) is 0.524. The van der Waals surface area contributed by atoms with Crippen LogP contribution in [0.1, 0.15) is 37.3 Å². The van der Waals surface area contributed by atoms with Crippen molar-refractivity contribution in [1.82, 2.24) is 15.0 Å². The zero-order valence-corrected chi connectivity index (χ0v) is 16.3. The molecule has 1 aromatic carbocycles. The summed E-state index contributed by atoms with van der Waals surface area (Å²) in [6, 6.07) is 8.77. The van der Waals surface area contributed by atoms with Crippen LogP contribution >= 0.6 is 0 Å². The first-order valence-electron chi connectivity index (χ1n) is 9.61. The molecule has 0 radical (unpaired) electrons. The van der Waals surface area contributed by atoms with Gasteiger partial charge in [0.2, 0.25) is 5.91 Å². The second kappa shape index (κ2) is 8.65. The van der Waals surface area contributed by atoms with Gasteiger partial charge in [-0.1, -0.05) is 31.1 Å². The van der Waals surface area contributed by atoms with E-state index in [1.54, 1.807) is 0 Å². The van der Waals surface area contributed by atoms with E-state index < -0.39 is 0 Å². The number of hydrogen-bond donors (Lipinski definition) is 0. The molecular formula is C21H28FN3O2. The van der Waals surface area contributed by atoms with E-state index in [1.165, 1.54) is 12.1 Å². The minimum Gasteiger partial charge on any atom is -0.361 e. The zero-order chi connectivity index (χ0) is 19.4. The highest BCUT2D eigenvalue weighted by Gasteiger charge is 2.29. The standard InChI is InChI=1S/C21H28FN3O2/c1-15(2)20-14-25(21(26)12-19-11-16(3)23-27-19)10-4-9-24(20)13-17-5-7-18(22)8-6-17/h5-8,11,15,20H,4,9-10,12-14H2,1-3H3. The summed E-state index contributed by atoms with van der Waals surface area (Å²) in [5, 5.41) is 3.86. The Hall–Kier alpha value is -2.21. The fourth-order valence-corrected chi connectivity index (χ4v) is 3.70. The summed E-state index contributed by atoms with van der Waals surface area (Å²) in [5.41, 5.74) is 1.89. The Kier molecular flexibility index (Phi) is 6.26. The number of carbonyl (C=O) groups is 1. The molecule has 1 amide bonds. The molecular weight excluding hydrogens is 345 g/mol. The van der Waals surface area contributed by atoms with Crippen LogP contribution in [0.5, 0.6) is 0 Å². The van der Waals surface area contributed by atoms with Crippen molar-refractivity contribution in [3.05, 3.63) is 53.2 Å². The summed E-state index contributed by atoms with van der Waals surface area (Å²) < 4.78 is 18.4. The second-order valence-corrected chi connectivity index (χ2v) is 7.71. The Labute approximate surface area is 160 Å². The minimum atomic E-state index is -0.213. The number of halogens is 1. The minimum absolute atomic E-state index is 0.0837. The SMILES string of the molecule is Cc1cc(CC(=O)N2CCCN(Cc3ccc(F)cc3)C(C(C)C)C2)on1. The van der Waals surface area contributed by atoms with Crippen LogP contribution in [-0.2, 0) is 17.8 Å². The van der Waals surface area contributed by atoms with Gasteiger partial charge >= 0.3 is 0 Å². The molecule has 0 bridgehead atoms. The molecule has 27 heavy (non-hydrogen) atoms. The molecule has 5 nitrogen and oxygen atoms in total. The van der Waals surface area contributed by atoms with E-state index in [0.29, 0.717) is 18.2 Å². The van der Waals surface area contributed by atoms with Crippen molar-refractivity contribution in [2.45, 2.75) is 46.2 Å². The third-order valence-electron chi connectivity index (χ3n) is 5.17. The first-order valence-corrected chi connectivity index (χ1v) is 9.61. The molecule has 1 unspecified atom stereocenters. The van der Waals surface area contributed by atoms with E-state index >= 15 is 0 Å². The molecule has 1 saturated heterocycles. The average molecular weight is 373 g/mol. The smallest absolute Gasteiger partial charge is 0.230 e. The van der Waals surface area contributed by atoms with Crippen molar-refractivity contribution in [3.63, 3.8) is 0 Å². The summed E-state index contributed by atoms with van der Waals surface area (Å²) >= 11 is 0. The number of hydrogen-bond acceptors (Lipinski definition) is 4. The number of aromatic nitrogens is 1. The first-order chi connectivity index (χ1) is 12.9. The van der Waals surface area contributed by atoms with E-state index in [4.69, 9.17) is 4.52 Å². The van der Waals surface area contributed by atoms with Crippen LogP contribution in [-0.4, -0.2) is 46.5 Å². The van der Waals surface area contributed by atoms with Gasteiger partial charge in [0.1, 0.15) is 11.6 Å². The maximum Gasteiger partial charge on any atom is 0.230 e. The third-order valence-corrected chi connectivity index (χ3v) is 5.17. The fourth-order valence-electron chi connectivity index (χ4n) is 3.70. The van der Waals surface area contributed by atoms with Crippen molar-refractivity contribution in [2.75, 3.05) is 19.6 Å². The number of aryl methyl sites for hydroxylation is 1. The summed E-state index contributed by atoms with van der Waals surface area (Å²) in [5.74, 6) is 0.896. The van der Waals surface area contributed by atoms with Gasteiger partial charge in [0.15, 0.2) is 0 Å². The van der Waals surface area contributed by atoms with E-state index in [1.807, 2.05) is 30.0 Å². The van der Waals surface area contributed by atoms with Gasteiger partial charge in [0.05, 0.1) is 12.1 Å². The van der Waals surface area contributed by atoms with Gasteiger partial charge < -0.3 is 9.42 Å². The molecule has 3 rings (SSSR count). The lowest BCUT2D eigenvalue weighted by molar-refractivity contribution is -0.131. The Balaban J connectivity index is 1.68. The first kappa shape index (κ1) is 19.5. The van der Waals surface area contributed by atoms with Gasteiger partial charge in [-0.2, -0.15) is 0 Å².